The van der Waals surface area contributed by atoms with Crippen LogP contribution in [0.5, 0.6) is 5.75 Å². The highest BCUT2D eigenvalue weighted by atomic mass is 16.5. The first kappa shape index (κ1) is 23.8. The van der Waals surface area contributed by atoms with Crippen molar-refractivity contribution in [2.24, 2.45) is 0 Å². The summed E-state index contributed by atoms with van der Waals surface area (Å²) in [4.78, 5) is 39.2. The Morgan fingerprint density at radius 3 is 2.48 bits per heavy atom. The minimum Gasteiger partial charge on any atom is -0.497 e. The summed E-state index contributed by atoms with van der Waals surface area (Å²) >= 11 is 0. The summed E-state index contributed by atoms with van der Waals surface area (Å²) in [7, 11) is 3.19. The number of urea groups is 1. The molecule has 0 saturated carbocycles. The Bertz CT molecular complexity index is 1080. The van der Waals surface area contributed by atoms with Crippen molar-refractivity contribution < 1.29 is 23.9 Å². The fourth-order valence-corrected chi connectivity index (χ4v) is 3.56. The molecule has 2 aromatic carbocycles. The Balaban J connectivity index is 1.82. The van der Waals surface area contributed by atoms with E-state index in [0.717, 1.165) is 11.3 Å². The molecule has 0 radical (unpaired) electrons. The molecule has 1 aliphatic rings. The predicted molar refractivity (Wildman–Crippen MR) is 125 cm³/mol. The zero-order valence-electron chi connectivity index (χ0n) is 19.5. The van der Waals surface area contributed by atoms with E-state index in [1.165, 1.54) is 4.90 Å². The third kappa shape index (κ3) is 5.71. The monoisotopic (exact) mass is 451 g/mol. The molecule has 2 aromatic rings. The number of hydrogen-bond donors (Lipinski definition) is 2. The lowest BCUT2D eigenvalue weighted by Gasteiger charge is -2.33. The average Bonchev–Trinajstić information content (AvgIpc) is 2.77. The van der Waals surface area contributed by atoms with Crippen LogP contribution in [-0.4, -0.2) is 43.1 Å². The van der Waals surface area contributed by atoms with E-state index in [1.807, 2.05) is 12.1 Å². The minimum atomic E-state index is -0.696. The van der Waals surface area contributed by atoms with E-state index >= 15 is 0 Å². The van der Waals surface area contributed by atoms with Crippen LogP contribution in [0, 0.1) is 0 Å². The maximum absolute atomic E-state index is 12.8. The van der Waals surface area contributed by atoms with Gasteiger partial charge in [0.2, 0.25) is 5.91 Å². The van der Waals surface area contributed by atoms with Crippen molar-refractivity contribution in [3.8, 4) is 5.75 Å². The highest BCUT2D eigenvalue weighted by Gasteiger charge is 2.35. The number of rotatable bonds is 7. The number of ether oxygens (including phenoxy) is 2. The van der Waals surface area contributed by atoms with Crippen molar-refractivity contribution in [2.45, 2.75) is 39.3 Å². The van der Waals surface area contributed by atoms with Gasteiger partial charge in [-0.15, -0.1) is 0 Å². The van der Waals surface area contributed by atoms with E-state index in [1.54, 1.807) is 71.3 Å². The predicted octanol–water partition coefficient (Wildman–Crippen LogP) is 3.80. The largest absolute Gasteiger partial charge is 0.497 e. The topological polar surface area (TPSA) is 97.0 Å². The molecule has 8 nitrogen and oxygen atoms in total. The molecule has 33 heavy (non-hydrogen) atoms. The van der Waals surface area contributed by atoms with E-state index in [0.29, 0.717) is 22.5 Å². The molecule has 1 aliphatic heterocycles. The number of hydrogen-bond acceptors (Lipinski definition) is 5. The number of nitrogens with zero attached hydrogens (tertiary/aromatic N) is 1. The summed E-state index contributed by atoms with van der Waals surface area (Å²) in [5.41, 5.74) is 2.95. The summed E-state index contributed by atoms with van der Waals surface area (Å²) in [6, 6.07) is 13.3. The molecular formula is C25H29N3O5. The molecule has 3 rings (SSSR count). The van der Waals surface area contributed by atoms with Gasteiger partial charge < -0.3 is 25.0 Å². The van der Waals surface area contributed by atoms with Gasteiger partial charge in [-0.1, -0.05) is 24.3 Å². The van der Waals surface area contributed by atoms with Crippen LogP contribution in [-0.2, 0) is 20.7 Å². The summed E-state index contributed by atoms with van der Waals surface area (Å²) < 4.78 is 10.6. The van der Waals surface area contributed by atoms with Gasteiger partial charge in [-0.2, -0.15) is 0 Å². The number of nitrogens with one attached hydrogen (secondary N) is 2. The van der Waals surface area contributed by atoms with E-state index in [9.17, 15) is 14.4 Å². The fourth-order valence-electron chi connectivity index (χ4n) is 3.56. The zero-order chi connectivity index (χ0) is 24.1. The maximum atomic E-state index is 12.8. The summed E-state index contributed by atoms with van der Waals surface area (Å²) in [6.45, 7) is 5.25. The highest BCUT2D eigenvalue weighted by molar-refractivity contribution is 5.95. The van der Waals surface area contributed by atoms with Crippen LogP contribution in [0.4, 0.5) is 10.5 Å². The molecule has 8 heteroatoms. The summed E-state index contributed by atoms with van der Waals surface area (Å²) in [6.07, 6.45) is -0.102. The normalized spacial score (nSPS) is 15.9. The maximum Gasteiger partial charge on any atom is 0.338 e. The number of benzene rings is 2. The van der Waals surface area contributed by atoms with Crippen molar-refractivity contribution in [3.63, 3.8) is 0 Å². The van der Waals surface area contributed by atoms with Gasteiger partial charge in [0.05, 0.1) is 31.2 Å². The van der Waals surface area contributed by atoms with E-state index in [4.69, 9.17) is 9.47 Å². The van der Waals surface area contributed by atoms with Gasteiger partial charge in [-0.05, 0) is 56.2 Å². The average molecular weight is 452 g/mol. The van der Waals surface area contributed by atoms with Gasteiger partial charge in [-0.25, -0.2) is 9.59 Å². The summed E-state index contributed by atoms with van der Waals surface area (Å²) in [5.74, 6) is 0.0476. The van der Waals surface area contributed by atoms with Crippen molar-refractivity contribution in [1.29, 1.82) is 0 Å². The first-order chi connectivity index (χ1) is 15.7. The van der Waals surface area contributed by atoms with Crippen molar-refractivity contribution in [2.75, 3.05) is 19.5 Å². The highest BCUT2D eigenvalue weighted by Crippen LogP contribution is 2.32. The van der Waals surface area contributed by atoms with Crippen molar-refractivity contribution in [1.82, 2.24) is 10.2 Å². The van der Waals surface area contributed by atoms with Gasteiger partial charge in [0.1, 0.15) is 5.75 Å². The molecule has 1 atom stereocenters. The first-order valence-electron chi connectivity index (χ1n) is 10.7. The molecular weight excluding hydrogens is 422 g/mol. The molecule has 0 aromatic heterocycles. The fraction of sp³-hybridized carbons (Fsp3) is 0.320. The lowest BCUT2D eigenvalue weighted by atomic mass is 9.94. The molecule has 174 valence electrons. The Labute approximate surface area is 193 Å². The second-order valence-corrected chi connectivity index (χ2v) is 8.09. The SMILES string of the molecule is COc1ccc(CC(=O)Nc2cccc([C@H]3NC(=O)N(C)C(C)=C3C(=O)OC(C)C)c2)cc1. The minimum absolute atomic E-state index is 0.184. The molecule has 2 N–H and O–H groups in total. The van der Waals surface area contributed by atoms with E-state index < -0.39 is 12.0 Å². The molecule has 0 spiro atoms. The molecule has 0 saturated heterocycles. The van der Waals surface area contributed by atoms with Crippen molar-refractivity contribution in [3.05, 3.63) is 70.9 Å². The Hall–Kier alpha value is -3.81. The molecule has 0 unspecified atom stereocenters. The van der Waals surface area contributed by atoms with Crippen molar-refractivity contribution >= 4 is 23.6 Å². The Morgan fingerprint density at radius 2 is 1.85 bits per heavy atom. The van der Waals surface area contributed by atoms with Crippen LogP contribution in [0.25, 0.3) is 0 Å². The van der Waals surface area contributed by atoms with Gasteiger partial charge in [0, 0.05) is 18.4 Å². The number of carbonyl (C=O) groups is 3. The second kappa shape index (κ2) is 10.2. The third-order valence-corrected chi connectivity index (χ3v) is 5.34. The molecule has 0 bridgehead atoms. The first-order valence-corrected chi connectivity index (χ1v) is 10.7. The lowest BCUT2D eigenvalue weighted by molar-refractivity contribution is -0.143. The van der Waals surface area contributed by atoms with Crippen LogP contribution in [0.15, 0.2) is 59.8 Å². The smallest absolute Gasteiger partial charge is 0.338 e. The number of anilines is 1. The van der Waals surface area contributed by atoms with Gasteiger partial charge >= 0.3 is 12.0 Å². The van der Waals surface area contributed by atoms with Crippen LogP contribution < -0.4 is 15.4 Å². The van der Waals surface area contributed by atoms with Gasteiger partial charge in [0.25, 0.3) is 0 Å². The molecule has 1 heterocycles. The second-order valence-electron chi connectivity index (χ2n) is 8.09. The number of carbonyl (C=O) groups excluding carboxylic acids is 3. The van der Waals surface area contributed by atoms with Crippen LogP contribution >= 0.6 is 0 Å². The van der Waals surface area contributed by atoms with Crippen LogP contribution in [0.2, 0.25) is 0 Å². The third-order valence-electron chi connectivity index (χ3n) is 5.34. The zero-order valence-corrected chi connectivity index (χ0v) is 19.5. The quantitative estimate of drug-likeness (QED) is 0.624. The van der Waals surface area contributed by atoms with Crippen LogP contribution in [0.1, 0.15) is 37.9 Å². The van der Waals surface area contributed by atoms with Gasteiger partial charge in [-0.3, -0.25) is 4.79 Å². The number of amides is 3. The van der Waals surface area contributed by atoms with E-state index in [2.05, 4.69) is 10.6 Å². The van der Waals surface area contributed by atoms with E-state index in [-0.39, 0.29) is 24.5 Å². The molecule has 0 fully saturated rings. The molecule has 0 aliphatic carbocycles. The molecule has 3 amide bonds. The Morgan fingerprint density at radius 1 is 1.15 bits per heavy atom. The van der Waals surface area contributed by atoms with Gasteiger partial charge in [0.15, 0.2) is 0 Å². The summed E-state index contributed by atoms with van der Waals surface area (Å²) in [5, 5.41) is 5.73. The lowest BCUT2D eigenvalue weighted by Crippen LogP contribution is -2.46. The Kier molecular flexibility index (Phi) is 7.37. The van der Waals surface area contributed by atoms with Crippen LogP contribution in [0.3, 0.4) is 0 Å². The number of methoxy groups -OCH3 is 1. The standard InChI is InChI=1S/C25H29N3O5/c1-15(2)33-24(30)22-16(3)28(4)25(31)27-23(22)18-7-6-8-19(14-18)26-21(29)13-17-9-11-20(32-5)12-10-17/h6-12,14-15,23H,13H2,1-5H3,(H,26,29)(H,27,31)/t23-/m1/s1. The number of esters is 1. The number of allylic oxidation sites excluding steroid dienone is 1.